The molecule has 2 aliphatic rings. The number of alkyl halides is 3. The summed E-state index contributed by atoms with van der Waals surface area (Å²) in [6.45, 7) is 4.49. The van der Waals surface area contributed by atoms with Gasteiger partial charge >= 0.3 is 6.18 Å². The Morgan fingerprint density at radius 1 is 1.30 bits per heavy atom. The van der Waals surface area contributed by atoms with Gasteiger partial charge in [-0.3, -0.25) is 9.69 Å². The second-order valence-corrected chi connectivity index (χ2v) is 10.5. The van der Waals surface area contributed by atoms with E-state index in [-0.39, 0.29) is 24.8 Å². The van der Waals surface area contributed by atoms with Crippen molar-refractivity contribution in [2.45, 2.75) is 83.5 Å². The Bertz CT molecular complexity index is 935. The Balaban J connectivity index is 1.15. The van der Waals surface area contributed by atoms with Gasteiger partial charge in [0.1, 0.15) is 5.76 Å². The molecule has 4 rings (SSSR count). The largest absolute Gasteiger partial charge is 0.389 e. The van der Waals surface area contributed by atoms with E-state index in [1.165, 1.54) is 11.3 Å². The van der Waals surface area contributed by atoms with Gasteiger partial charge in [0.05, 0.1) is 22.8 Å². The molecular weight excluding hydrogens is 453 g/mol. The van der Waals surface area contributed by atoms with Crippen LogP contribution in [0.1, 0.15) is 65.6 Å². The molecule has 0 unspecified atom stereocenters. The van der Waals surface area contributed by atoms with Crippen molar-refractivity contribution in [3.63, 3.8) is 0 Å². The molecule has 6 nitrogen and oxygen atoms in total. The van der Waals surface area contributed by atoms with Crippen LogP contribution in [0.25, 0.3) is 0 Å². The number of nitrogens with one attached hydrogen (secondary N) is 1. The molecule has 0 spiro atoms. The molecular formula is C23H31F3N4O2S. The van der Waals surface area contributed by atoms with E-state index in [0.29, 0.717) is 22.4 Å². The number of carbonyl (C=O) groups excluding carboxylic acids is 1. The third-order valence-corrected chi connectivity index (χ3v) is 7.77. The maximum Gasteiger partial charge on any atom is 0.389 e. The Labute approximate surface area is 195 Å². The zero-order valence-corrected chi connectivity index (χ0v) is 19.7. The molecule has 1 aliphatic heterocycles. The molecule has 0 atom stereocenters. The molecule has 33 heavy (non-hydrogen) atoms. The summed E-state index contributed by atoms with van der Waals surface area (Å²) in [6, 6.07) is 2.01. The van der Waals surface area contributed by atoms with E-state index in [2.05, 4.69) is 20.4 Å². The van der Waals surface area contributed by atoms with E-state index < -0.39 is 12.6 Å². The van der Waals surface area contributed by atoms with Gasteiger partial charge in [0.25, 0.3) is 0 Å². The van der Waals surface area contributed by atoms with E-state index >= 15 is 0 Å². The molecule has 3 heterocycles. The topological polar surface area (TPSA) is 71.3 Å². The van der Waals surface area contributed by atoms with Crippen LogP contribution in [-0.2, 0) is 30.6 Å². The number of thiazole rings is 1. The van der Waals surface area contributed by atoms with Crippen molar-refractivity contribution in [2.75, 3.05) is 13.1 Å². The lowest BCUT2D eigenvalue weighted by Crippen LogP contribution is -2.39. The van der Waals surface area contributed by atoms with Crippen molar-refractivity contribution in [2.24, 2.45) is 5.92 Å². The fraction of sp³-hybridized carbons (Fsp3) is 0.696. The van der Waals surface area contributed by atoms with E-state index in [0.717, 1.165) is 68.7 Å². The van der Waals surface area contributed by atoms with Crippen LogP contribution >= 0.6 is 11.3 Å². The van der Waals surface area contributed by atoms with Crippen LogP contribution in [0.4, 0.5) is 13.2 Å². The molecule has 1 saturated carbocycles. The predicted molar refractivity (Wildman–Crippen MR) is 119 cm³/mol. The Morgan fingerprint density at radius 3 is 2.79 bits per heavy atom. The van der Waals surface area contributed by atoms with Crippen LogP contribution in [0.2, 0.25) is 0 Å². The molecule has 1 amide bonds. The van der Waals surface area contributed by atoms with Gasteiger partial charge in [0.2, 0.25) is 5.91 Å². The second kappa shape index (κ2) is 10.5. The van der Waals surface area contributed by atoms with Crippen LogP contribution in [0.5, 0.6) is 0 Å². The summed E-state index contributed by atoms with van der Waals surface area (Å²) in [5.41, 5.74) is 1.63. The highest BCUT2D eigenvalue weighted by molar-refractivity contribution is 7.11. The molecule has 0 saturated heterocycles. The minimum Gasteiger partial charge on any atom is -0.361 e. The molecule has 2 aromatic rings. The maximum absolute atomic E-state index is 12.5. The highest BCUT2D eigenvalue weighted by Crippen LogP contribution is 2.31. The number of amides is 1. The third-order valence-electron chi connectivity index (χ3n) is 6.56. The van der Waals surface area contributed by atoms with E-state index in [1.807, 2.05) is 6.92 Å². The van der Waals surface area contributed by atoms with E-state index in [1.54, 1.807) is 6.07 Å². The van der Waals surface area contributed by atoms with Gasteiger partial charge in [-0.2, -0.15) is 13.2 Å². The standard InChI is InChI=1S/C23H31F3N4O2S/c1-15-12-18(29-32-15)13-21(31)27-17-4-2-16(3-5-17)7-10-30-11-8-20-19(14-30)28-22(33-20)6-9-23(24,25)26/h12,16-17H,2-11,13-14H2,1H3,(H,27,31). The Kier molecular flexibility index (Phi) is 7.73. The Hall–Kier alpha value is -1.94. The van der Waals surface area contributed by atoms with Gasteiger partial charge in [0, 0.05) is 42.9 Å². The summed E-state index contributed by atoms with van der Waals surface area (Å²) in [5.74, 6) is 1.35. The number of halogens is 3. The predicted octanol–water partition coefficient (Wildman–Crippen LogP) is 4.60. The van der Waals surface area contributed by atoms with Crippen molar-refractivity contribution >= 4 is 17.2 Å². The number of fused-ring (bicyclic) bond motifs is 1. The lowest BCUT2D eigenvalue weighted by atomic mass is 9.84. The monoisotopic (exact) mass is 484 g/mol. The third kappa shape index (κ3) is 7.27. The summed E-state index contributed by atoms with van der Waals surface area (Å²) < 4.78 is 42.5. The fourth-order valence-corrected chi connectivity index (χ4v) is 5.82. The summed E-state index contributed by atoms with van der Waals surface area (Å²) >= 11 is 1.45. The van der Waals surface area contributed by atoms with Crippen molar-refractivity contribution in [1.29, 1.82) is 0 Å². The van der Waals surface area contributed by atoms with Gasteiger partial charge < -0.3 is 9.84 Å². The van der Waals surface area contributed by atoms with Gasteiger partial charge in [-0.15, -0.1) is 11.3 Å². The van der Waals surface area contributed by atoms with Crippen LogP contribution in [0.3, 0.4) is 0 Å². The first kappa shape index (κ1) is 24.2. The number of rotatable bonds is 8. The van der Waals surface area contributed by atoms with Crippen LogP contribution in [0, 0.1) is 12.8 Å². The van der Waals surface area contributed by atoms with Gasteiger partial charge in [-0.05, 0) is 57.9 Å². The number of hydrogen-bond acceptors (Lipinski definition) is 6. The van der Waals surface area contributed by atoms with Crippen molar-refractivity contribution in [3.05, 3.63) is 33.1 Å². The van der Waals surface area contributed by atoms with Crippen LogP contribution in [-0.4, -0.2) is 46.3 Å². The zero-order valence-electron chi connectivity index (χ0n) is 18.9. The molecule has 182 valence electrons. The smallest absolute Gasteiger partial charge is 0.361 e. The summed E-state index contributed by atoms with van der Waals surface area (Å²) in [6.07, 6.45) is 1.49. The summed E-state index contributed by atoms with van der Waals surface area (Å²) in [7, 11) is 0. The van der Waals surface area contributed by atoms with E-state index in [4.69, 9.17) is 4.52 Å². The average molecular weight is 485 g/mol. The highest BCUT2D eigenvalue weighted by Gasteiger charge is 2.29. The van der Waals surface area contributed by atoms with Gasteiger partial charge in [0.15, 0.2) is 0 Å². The SMILES string of the molecule is Cc1cc(CC(=O)NC2CCC(CCN3CCc4sc(CCC(F)(F)F)nc4C3)CC2)no1. The molecule has 2 aromatic heterocycles. The van der Waals surface area contributed by atoms with Crippen LogP contribution in [0.15, 0.2) is 10.6 Å². The number of aromatic nitrogens is 2. The Morgan fingerprint density at radius 2 is 2.09 bits per heavy atom. The maximum atomic E-state index is 12.5. The number of aryl methyl sites for hydroxylation is 2. The summed E-state index contributed by atoms with van der Waals surface area (Å²) in [4.78, 5) is 20.3. The fourth-order valence-electron chi connectivity index (χ4n) is 4.76. The molecule has 1 aliphatic carbocycles. The first-order valence-electron chi connectivity index (χ1n) is 11.7. The molecule has 0 radical (unpaired) electrons. The van der Waals surface area contributed by atoms with Gasteiger partial charge in [-0.25, -0.2) is 4.98 Å². The summed E-state index contributed by atoms with van der Waals surface area (Å²) in [5, 5.41) is 7.61. The number of nitrogens with zero attached hydrogens (tertiary/aromatic N) is 3. The highest BCUT2D eigenvalue weighted by atomic mass is 32.1. The molecule has 0 aromatic carbocycles. The molecule has 1 fully saturated rings. The average Bonchev–Trinajstić information content (AvgIpc) is 3.36. The zero-order chi connectivity index (χ0) is 23.4. The van der Waals surface area contributed by atoms with Crippen LogP contribution < -0.4 is 5.32 Å². The minimum atomic E-state index is -4.13. The number of hydrogen-bond donors (Lipinski definition) is 1. The minimum absolute atomic E-state index is 0.00580. The van der Waals surface area contributed by atoms with E-state index in [9.17, 15) is 18.0 Å². The molecule has 10 heteroatoms. The van der Waals surface area contributed by atoms with Gasteiger partial charge in [-0.1, -0.05) is 5.16 Å². The van der Waals surface area contributed by atoms with Crippen molar-refractivity contribution in [3.8, 4) is 0 Å². The quantitative estimate of drug-likeness (QED) is 0.593. The number of carbonyl (C=O) groups is 1. The lowest BCUT2D eigenvalue weighted by molar-refractivity contribution is -0.134. The van der Waals surface area contributed by atoms with Crippen molar-refractivity contribution < 1.29 is 22.5 Å². The normalized spacial score (nSPS) is 21.7. The molecule has 0 bridgehead atoms. The lowest BCUT2D eigenvalue weighted by Gasteiger charge is -2.32. The first-order chi connectivity index (χ1) is 15.7. The first-order valence-corrected chi connectivity index (χ1v) is 12.5. The second-order valence-electron chi connectivity index (χ2n) is 9.30. The molecule has 1 N–H and O–H groups in total. The van der Waals surface area contributed by atoms with Crippen molar-refractivity contribution in [1.82, 2.24) is 20.4 Å².